The van der Waals surface area contributed by atoms with Crippen molar-refractivity contribution in [1.29, 1.82) is 0 Å². The molecule has 2 N–H and O–H groups in total. The summed E-state index contributed by atoms with van der Waals surface area (Å²) in [6.07, 6.45) is 1.32. The number of anilines is 1. The molecular formula is C12H19N3O. The molecule has 0 bridgehead atoms. The van der Waals surface area contributed by atoms with Crippen LogP contribution in [0.2, 0.25) is 0 Å². The molecule has 2 rings (SSSR count). The summed E-state index contributed by atoms with van der Waals surface area (Å²) in [7, 11) is 0. The Kier molecular flexibility index (Phi) is 3.74. The molecule has 1 aliphatic heterocycles. The van der Waals surface area contributed by atoms with Gasteiger partial charge in [0.05, 0.1) is 11.8 Å². The van der Waals surface area contributed by atoms with E-state index in [1.54, 1.807) is 0 Å². The number of hydrogen-bond acceptors (Lipinski definition) is 4. The predicted octanol–water partition coefficient (Wildman–Crippen LogP) is 1.16. The quantitative estimate of drug-likeness (QED) is 0.814. The number of rotatable bonds is 2. The predicted molar refractivity (Wildman–Crippen MR) is 64.4 cm³/mol. The minimum Gasteiger partial charge on any atom is -0.377 e. The van der Waals surface area contributed by atoms with Crippen LogP contribution in [0.1, 0.15) is 19.0 Å². The number of ether oxygens (including phenoxy) is 1. The summed E-state index contributed by atoms with van der Waals surface area (Å²) >= 11 is 0. The molecule has 0 amide bonds. The van der Waals surface area contributed by atoms with Crippen molar-refractivity contribution in [1.82, 2.24) is 4.98 Å². The Labute approximate surface area is 96.4 Å². The summed E-state index contributed by atoms with van der Waals surface area (Å²) < 4.78 is 5.62. The van der Waals surface area contributed by atoms with Crippen molar-refractivity contribution >= 4 is 5.82 Å². The Balaban J connectivity index is 2.14. The Morgan fingerprint density at radius 3 is 3.25 bits per heavy atom. The van der Waals surface area contributed by atoms with E-state index in [0.29, 0.717) is 6.54 Å². The summed E-state index contributed by atoms with van der Waals surface area (Å²) in [6.45, 7) is 5.35. The number of nitrogens with zero attached hydrogens (tertiary/aromatic N) is 2. The summed E-state index contributed by atoms with van der Waals surface area (Å²) in [5, 5.41) is 0. The van der Waals surface area contributed by atoms with E-state index in [1.807, 2.05) is 18.2 Å². The van der Waals surface area contributed by atoms with Gasteiger partial charge in [-0.25, -0.2) is 4.98 Å². The van der Waals surface area contributed by atoms with Gasteiger partial charge < -0.3 is 15.4 Å². The largest absolute Gasteiger partial charge is 0.377 e. The SMILES string of the molecule is CC1CN(c2cccc(CN)n2)CCCO1. The molecule has 0 spiro atoms. The highest BCUT2D eigenvalue weighted by Gasteiger charge is 2.16. The third-order valence-corrected chi connectivity index (χ3v) is 2.78. The lowest BCUT2D eigenvalue weighted by Gasteiger charge is -2.23. The number of aromatic nitrogens is 1. The topological polar surface area (TPSA) is 51.4 Å². The van der Waals surface area contributed by atoms with Gasteiger partial charge in [0.1, 0.15) is 5.82 Å². The van der Waals surface area contributed by atoms with Gasteiger partial charge in [-0.15, -0.1) is 0 Å². The molecule has 1 fully saturated rings. The zero-order valence-corrected chi connectivity index (χ0v) is 9.72. The van der Waals surface area contributed by atoms with Gasteiger partial charge in [-0.05, 0) is 25.5 Å². The standard InChI is InChI=1S/C12H19N3O/c1-10-9-15(6-3-7-16-10)12-5-2-4-11(8-13)14-12/h2,4-5,10H,3,6-9,13H2,1H3. The Morgan fingerprint density at radius 2 is 2.44 bits per heavy atom. The lowest BCUT2D eigenvalue weighted by Crippen LogP contribution is -2.31. The van der Waals surface area contributed by atoms with Crippen LogP contribution in [0.4, 0.5) is 5.82 Å². The smallest absolute Gasteiger partial charge is 0.128 e. The molecule has 1 aromatic heterocycles. The fourth-order valence-electron chi connectivity index (χ4n) is 1.96. The van der Waals surface area contributed by atoms with Gasteiger partial charge in [0.25, 0.3) is 0 Å². The van der Waals surface area contributed by atoms with Gasteiger partial charge in [0, 0.05) is 26.2 Å². The lowest BCUT2D eigenvalue weighted by molar-refractivity contribution is 0.0820. The highest BCUT2D eigenvalue weighted by Crippen LogP contribution is 2.15. The zero-order valence-electron chi connectivity index (χ0n) is 9.72. The molecular weight excluding hydrogens is 202 g/mol. The Morgan fingerprint density at radius 1 is 1.56 bits per heavy atom. The summed E-state index contributed by atoms with van der Waals surface area (Å²) in [5.41, 5.74) is 6.54. The van der Waals surface area contributed by atoms with Crippen LogP contribution in [0, 0.1) is 0 Å². The molecule has 0 aliphatic carbocycles. The first-order valence-corrected chi connectivity index (χ1v) is 5.82. The summed E-state index contributed by atoms with van der Waals surface area (Å²) in [6, 6.07) is 6.01. The second-order valence-electron chi connectivity index (χ2n) is 4.17. The van der Waals surface area contributed by atoms with Gasteiger partial charge in [-0.1, -0.05) is 6.07 Å². The molecule has 0 aromatic carbocycles. The summed E-state index contributed by atoms with van der Waals surface area (Å²) in [5.74, 6) is 1.01. The van der Waals surface area contributed by atoms with E-state index in [2.05, 4.69) is 16.8 Å². The average Bonchev–Trinajstić information content (AvgIpc) is 2.54. The van der Waals surface area contributed by atoms with Gasteiger partial charge >= 0.3 is 0 Å². The number of nitrogens with two attached hydrogens (primary N) is 1. The Hall–Kier alpha value is -1.13. The van der Waals surface area contributed by atoms with E-state index in [0.717, 1.165) is 37.6 Å². The molecule has 16 heavy (non-hydrogen) atoms. The highest BCUT2D eigenvalue weighted by molar-refractivity contribution is 5.39. The van der Waals surface area contributed by atoms with Crippen molar-refractivity contribution in [3.05, 3.63) is 23.9 Å². The zero-order chi connectivity index (χ0) is 11.4. The first kappa shape index (κ1) is 11.4. The van der Waals surface area contributed by atoms with E-state index in [-0.39, 0.29) is 6.10 Å². The van der Waals surface area contributed by atoms with Crippen LogP contribution >= 0.6 is 0 Å². The minimum atomic E-state index is 0.269. The van der Waals surface area contributed by atoms with Crippen molar-refractivity contribution in [3.8, 4) is 0 Å². The van der Waals surface area contributed by atoms with Gasteiger partial charge in [0.15, 0.2) is 0 Å². The molecule has 4 nitrogen and oxygen atoms in total. The molecule has 1 atom stereocenters. The van der Waals surface area contributed by atoms with E-state index in [9.17, 15) is 0 Å². The van der Waals surface area contributed by atoms with Crippen LogP contribution in [0.15, 0.2) is 18.2 Å². The van der Waals surface area contributed by atoms with Crippen LogP contribution in [-0.2, 0) is 11.3 Å². The van der Waals surface area contributed by atoms with Gasteiger partial charge in [0.2, 0.25) is 0 Å². The van der Waals surface area contributed by atoms with Crippen LogP contribution < -0.4 is 10.6 Å². The molecule has 1 saturated heterocycles. The van der Waals surface area contributed by atoms with Crippen molar-refractivity contribution in [2.45, 2.75) is 26.0 Å². The van der Waals surface area contributed by atoms with Gasteiger partial charge in [-0.2, -0.15) is 0 Å². The Bertz CT molecular complexity index is 343. The molecule has 1 unspecified atom stereocenters. The second kappa shape index (κ2) is 5.27. The first-order chi connectivity index (χ1) is 7.79. The molecule has 0 saturated carbocycles. The van der Waals surface area contributed by atoms with E-state index >= 15 is 0 Å². The second-order valence-corrected chi connectivity index (χ2v) is 4.17. The number of hydrogen-bond donors (Lipinski definition) is 1. The van der Waals surface area contributed by atoms with Crippen molar-refractivity contribution in [2.75, 3.05) is 24.6 Å². The maximum atomic E-state index is 5.62. The third-order valence-electron chi connectivity index (χ3n) is 2.78. The normalized spacial score (nSPS) is 21.9. The van der Waals surface area contributed by atoms with Crippen molar-refractivity contribution in [3.63, 3.8) is 0 Å². The van der Waals surface area contributed by atoms with Gasteiger partial charge in [-0.3, -0.25) is 0 Å². The molecule has 0 radical (unpaired) electrons. The fourth-order valence-corrected chi connectivity index (χ4v) is 1.96. The lowest BCUT2D eigenvalue weighted by atomic mass is 10.3. The highest BCUT2D eigenvalue weighted by atomic mass is 16.5. The fraction of sp³-hybridized carbons (Fsp3) is 0.583. The maximum absolute atomic E-state index is 5.62. The molecule has 1 aromatic rings. The summed E-state index contributed by atoms with van der Waals surface area (Å²) in [4.78, 5) is 6.81. The van der Waals surface area contributed by atoms with E-state index < -0.39 is 0 Å². The maximum Gasteiger partial charge on any atom is 0.128 e. The average molecular weight is 221 g/mol. The van der Waals surface area contributed by atoms with E-state index in [1.165, 1.54) is 0 Å². The van der Waals surface area contributed by atoms with Crippen molar-refractivity contribution in [2.24, 2.45) is 5.73 Å². The first-order valence-electron chi connectivity index (χ1n) is 5.82. The van der Waals surface area contributed by atoms with E-state index in [4.69, 9.17) is 10.5 Å². The van der Waals surface area contributed by atoms with Crippen LogP contribution in [0.25, 0.3) is 0 Å². The monoisotopic (exact) mass is 221 g/mol. The molecule has 88 valence electrons. The van der Waals surface area contributed by atoms with Crippen LogP contribution in [0.3, 0.4) is 0 Å². The minimum absolute atomic E-state index is 0.269. The number of pyridine rings is 1. The molecule has 4 heteroatoms. The van der Waals surface area contributed by atoms with Crippen molar-refractivity contribution < 1.29 is 4.74 Å². The van der Waals surface area contributed by atoms with Crippen LogP contribution in [0.5, 0.6) is 0 Å². The molecule has 1 aliphatic rings. The third kappa shape index (κ3) is 2.71. The molecule has 2 heterocycles. The van der Waals surface area contributed by atoms with Crippen LogP contribution in [-0.4, -0.2) is 30.8 Å².